The highest BCUT2D eigenvalue weighted by molar-refractivity contribution is 5.71. The van der Waals surface area contributed by atoms with Gasteiger partial charge in [-0.1, -0.05) is 18.2 Å². The van der Waals surface area contributed by atoms with Crippen LogP contribution in [0.25, 0.3) is 0 Å². The van der Waals surface area contributed by atoms with Crippen LogP contribution >= 0.6 is 0 Å². The molecule has 2 aliphatic rings. The molecule has 4 atom stereocenters. The third-order valence-corrected chi connectivity index (χ3v) is 3.39. The number of ether oxygens (including phenoxy) is 2. The second-order valence-corrected chi connectivity index (χ2v) is 6.08. The topological polar surface area (TPSA) is 55.8 Å². The molecule has 2 heterocycles. The average molecular weight is 279 g/mol. The highest BCUT2D eigenvalue weighted by atomic mass is 16.6. The summed E-state index contributed by atoms with van der Waals surface area (Å²) < 4.78 is 11.1. The highest BCUT2D eigenvalue weighted by Gasteiger charge is 2.50. The zero-order chi connectivity index (χ0) is 14.9. The molecule has 110 valence electrons. The predicted octanol–water partition coefficient (Wildman–Crippen LogP) is 1.93. The van der Waals surface area contributed by atoms with E-state index < -0.39 is 11.7 Å². The maximum atomic E-state index is 12.3. The van der Waals surface area contributed by atoms with Gasteiger partial charge in [-0.25, -0.2) is 4.79 Å². The molecule has 5 heteroatoms. The molecule has 1 saturated heterocycles. The summed E-state index contributed by atoms with van der Waals surface area (Å²) in [7, 11) is 0. The molecule has 2 aliphatic heterocycles. The van der Waals surface area contributed by atoms with Crippen molar-refractivity contribution in [1.82, 2.24) is 4.90 Å². The van der Waals surface area contributed by atoms with E-state index in [0.29, 0.717) is 6.54 Å². The summed E-state index contributed by atoms with van der Waals surface area (Å²) in [6.45, 7) is 9.42. The molecule has 0 saturated carbocycles. The third-order valence-electron chi connectivity index (χ3n) is 3.39. The van der Waals surface area contributed by atoms with Crippen molar-refractivity contribution in [2.45, 2.75) is 44.6 Å². The first-order valence-electron chi connectivity index (χ1n) is 6.77. The summed E-state index contributed by atoms with van der Waals surface area (Å²) in [5.41, 5.74) is -0.582. The van der Waals surface area contributed by atoms with E-state index in [-0.39, 0.29) is 24.2 Å². The van der Waals surface area contributed by atoms with Gasteiger partial charge in [-0.3, -0.25) is 4.90 Å². The molecule has 5 nitrogen and oxygen atoms in total. The van der Waals surface area contributed by atoms with Crippen LogP contribution in [0.4, 0.5) is 4.79 Å². The smallest absolute Gasteiger partial charge is 0.410 e. The first-order valence-corrected chi connectivity index (χ1v) is 6.77. The van der Waals surface area contributed by atoms with Crippen molar-refractivity contribution in [1.29, 1.82) is 0 Å². The van der Waals surface area contributed by atoms with Crippen molar-refractivity contribution in [3.05, 3.63) is 24.8 Å². The Hall–Kier alpha value is -1.62. The summed E-state index contributed by atoms with van der Waals surface area (Å²) in [6.07, 6.45) is 5.33. The van der Waals surface area contributed by atoms with Gasteiger partial charge in [0.25, 0.3) is 0 Å². The molecule has 20 heavy (non-hydrogen) atoms. The fourth-order valence-electron chi connectivity index (χ4n) is 2.64. The molecule has 0 aromatic carbocycles. The van der Waals surface area contributed by atoms with Crippen LogP contribution in [0.5, 0.6) is 0 Å². The third kappa shape index (κ3) is 2.77. The fraction of sp³-hybridized carbons (Fsp3) is 0.600. The standard InChI is InChI=1S/C15H21NO4/c1-5-8-16(14(18)20-15(2,3)4)13-10(9-17)11-6-7-12(13)19-11/h5-7,9-13H,1,8H2,2-4H3/t10-,11+,12-,13+/m1/s1. The average Bonchev–Trinajstić information content (AvgIpc) is 2.93. The molecule has 0 aliphatic carbocycles. The van der Waals surface area contributed by atoms with Crippen LogP contribution in [0.15, 0.2) is 24.8 Å². The monoisotopic (exact) mass is 279 g/mol. The van der Waals surface area contributed by atoms with E-state index in [4.69, 9.17) is 9.47 Å². The Labute approximate surface area is 119 Å². The van der Waals surface area contributed by atoms with Gasteiger partial charge in [-0.15, -0.1) is 6.58 Å². The largest absolute Gasteiger partial charge is 0.444 e. The number of carbonyl (C=O) groups is 2. The summed E-state index contributed by atoms with van der Waals surface area (Å²) >= 11 is 0. The molecule has 1 fully saturated rings. The Morgan fingerprint density at radius 2 is 2.05 bits per heavy atom. The summed E-state index contributed by atoms with van der Waals surface area (Å²) in [5.74, 6) is -0.350. The van der Waals surface area contributed by atoms with Crippen molar-refractivity contribution < 1.29 is 19.1 Å². The van der Waals surface area contributed by atoms with Crippen LogP contribution < -0.4 is 0 Å². The highest BCUT2D eigenvalue weighted by Crippen LogP contribution is 2.36. The van der Waals surface area contributed by atoms with E-state index in [2.05, 4.69) is 6.58 Å². The van der Waals surface area contributed by atoms with Crippen LogP contribution in [0.2, 0.25) is 0 Å². The first kappa shape index (κ1) is 14.8. The van der Waals surface area contributed by atoms with E-state index in [0.717, 1.165) is 6.29 Å². The zero-order valence-electron chi connectivity index (χ0n) is 12.1. The molecular weight excluding hydrogens is 258 g/mol. The second-order valence-electron chi connectivity index (χ2n) is 6.08. The number of nitrogens with zero attached hydrogens (tertiary/aromatic N) is 1. The zero-order valence-corrected chi connectivity index (χ0v) is 12.1. The number of hydrogen-bond acceptors (Lipinski definition) is 4. The SMILES string of the molecule is C=CCN(C(=O)OC(C)(C)C)[C@H]1[C@H](C=O)[C@@H]2C=C[C@H]1O2. The number of hydrogen-bond donors (Lipinski definition) is 0. The van der Waals surface area contributed by atoms with Gasteiger partial charge in [0.2, 0.25) is 0 Å². The lowest BCUT2D eigenvalue weighted by atomic mass is 9.89. The molecule has 2 rings (SSSR count). The maximum absolute atomic E-state index is 12.3. The quantitative estimate of drug-likeness (QED) is 0.583. The summed E-state index contributed by atoms with van der Waals surface area (Å²) in [4.78, 5) is 25.2. The molecule has 0 spiro atoms. The van der Waals surface area contributed by atoms with Crippen LogP contribution in [0.3, 0.4) is 0 Å². The summed E-state index contributed by atoms with van der Waals surface area (Å²) in [6, 6.07) is -0.324. The Bertz CT molecular complexity index is 438. The Balaban J connectivity index is 2.20. The summed E-state index contributed by atoms with van der Waals surface area (Å²) in [5, 5.41) is 0. The van der Waals surface area contributed by atoms with Gasteiger partial charge in [0.05, 0.1) is 24.2 Å². The minimum Gasteiger partial charge on any atom is -0.444 e. The Morgan fingerprint density at radius 3 is 2.60 bits per heavy atom. The van der Waals surface area contributed by atoms with Gasteiger partial charge in [-0.05, 0) is 20.8 Å². The van der Waals surface area contributed by atoms with Crippen LogP contribution in [-0.4, -0.2) is 47.7 Å². The molecule has 0 aromatic heterocycles. The van der Waals surface area contributed by atoms with Gasteiger partial charge in [-0.2, -0.15) is 0 Å². The number of carbonyl (C=O) groups excluding carboxylic acids is 2. The number of fused-ring (bicyclic) bond motifs is 2. The molecule has 0 unspecified atom stereocenters. The fourth-order valence-corrected chi connectivity index (χ4v) is 2.64. The van der Waals surface area contributed by atoms with Crippen LogP contribution in [-0.2, 0) is 14.3 Å². The van der Waals surface area contributed by atoms with Gasteiger partial charge < -0.3 is 14.3 Å². The normalized spacial score (nSPS) is 31.1. The predicted molar refractivity (Wildman–Crippen MR) is 74.3 cm³/mol. The van der Waals surface area contributed by atoms with Crippen molar-refractivity contribution in [3.63, 3.8) is 0 Å². The van der Waals surface area contributed by atoms with E-state index in [9.17, 15) is 9.59 Å². The number of aldehydes is 1. The van der Waals surface area contributed by atoms with Gasteiger partial charge >= 0.3 is 6.09 Å². The van der Waals surface area contributed by atoms with Gasteiger partial charge in [0.1, 0.15) is 11.9 Å². The molecule has 1 amide bonds. The molecule has 2 bridgehead atoms. The lowest BCUT2D eigenvalue weighted by Gasteiger charge is -2.34. The van der Waals surface area contributed by atoms with Gasteiger partial charge in [0.15, 0.2) is 0 Å². The van der Waals surface area contributed by atoms with Crippen molar-refractivity contribution in [2.75, 3.05) is 6.54 Å². The van der Waals surface area contributed by atoms with E-state index in [1.54, 1.807) is 6.08 Å². The Kier molecular flexibility index (Phi) is 3.99. The molecule has 0 N–H and O–H groups in total. The van der Waals surface area contributed by atoms with E-state index >= 15 is 0 Å². The minimum absolute atomic E-state index is 0.239. The van der Waals surface area contributed by atoms with Crippen LogP contribution in [0, 0.1) is 5.92 Å². The Morgan fingerprint density at radius 1 is 1.40 bits per heavy atom. The first-order chi connectivity index (χ1) is 9.37. The van der Waals surface area contributed by atoms with E-state index in [1.807, 2.05) is 32.9 Å². The number of rotatable bonds is 4. The van der Waals surface area contributed by atoms with Crippen molar-refractivity contribution in [3.8, 4) is 0 Å². The van der Waals surface area contributed by atoms with Crippen molar-refractivity contribution in [2.24, 2.45) is 5.92 Å². The molecule has 0 aromatic rings. The lowest BCUT2D eigenvalue weighted by Crippen LogP contribution is -2.51. The van der Waals surface area contributed by atoms with Crippen molar-refractivity contribution >= 4 is 12.4 Å². The van der Waals surface area contributed by atoms with E-state index in [1.165, 1.54) is 4.90 Å². The molecular formula is C15H21NO4. The molecule has 0 radical (unpaired) electrons. The van der Waals surface area contributed by atoms with Crippen LogP contribution in [0.1, 0.15) is 20.8 Å². The number of amides is 1. The van der Waals surface area contributed by atoms with Gasteiger partial charge in [0, 0.05) is 6.54 Å². The maximum Gasteiger partial charge on any atom is 0.410 e. The lowest BCUT2D eigenvalue weighted by molar-refractivity contribution is -0.113. The minimum atomic E-state index is -0.582. The second kappa shape index (κ2) is 5.40.